The molecule has 0 amide bonds. The Morgan fingerprint density at radius 1 is 1.38 bits per heavy atom. The van der Waals surface area contributed by atoms with Crippen molar-refractivity contribution in [1.82, 2.24) is 5.32 Å². The second-order valence-corrected chi connectivity index (χ2v) is 3.73. The summed E-state index contributed by atoms with van der Waals surface area (Å²) in [5.74, 6) is -1.10. The maximum atomic E-state index is 13.3. The summed E-state index contributed by atoms with van der Waals surface area (Å²) in [5, 5.41) is 11.9. The van der Waals surface area contributed by atoms with Gasteiger partial charge in [0.2, 0.25) is 0 Å². The van der Waals surface area contributed by atoms with E-state index in [1.165, 1.54) is 12.1 Å². The normalized spacial score (nSPS) is 12.8. The van der Waals surface area contributed by atoms with Crippen LogP contribution in [0.25, 0.3) is 0 Å². The summed E-state index contributed by atoms with van der Waals surface area (Å²) < 4.78 is 25.9. The monoisotopic (exact) mass is 229 g/mol. The first-order chi connectivity index (χ1) is 7.67. The summed E-state index contributed by atoms with van der Waals surface area (Å²) in [6.45, 7) is 2.45. The van der Waals surface area contributed by atoms with Gasteiger partial charge >= 0.3 is 0 Å². The lowest BCUT2D eigenvalue weighted by molar-refractivity contribution is 0.261. The summed E-state index contributed by atoms with van der Waals surface area (Å²) >= 11 is 0. The SMILES string of the molecule is CCC(CCO)NCc1ccc(F)cc1F. The number of aliphatic hydroxyl groups excluding tert-OH is 1. The first-order valence-electron chi connectivity index (χ1n) is 5.45. The van der Waals surface area contributed by atoms with E-state index in [4.69, 9.17) is 5.11 Å². The van der Waals surface area contributed by atoms with E-state index in [1.54, 1.807) is 0 Å². The van der Waals surface area contributed by atoms with Crippen LogP contribution >= 0.6 is 0 Å². The zero-order chi connectivity index (χ0) is 12.0. The Labute approximate surface area is 94.3 Å². The molecule has 90 valence electrons. The van der Waals surface area contributed by atoms with E-state index in [0.717, 1.165) is 12.5 Å². The summed E-state index contributed by atoms with van der Waals surface area (Å²) in [6, 6.07) is 3.72. The third kappa shape index (κ3) is 3.87. The van der Waals surface area contributed by atoms with E-state index in [0.29, 0.717) is 18.5 Å². The number of hydrogen-bond acceptors (Lipinski definition) is 2. The van der Waals surface area contributed by atoms with Gasteiger partial charge in [0.05, 0.1) is 0 Å². The van der Waals surface area contributed by atoms with E-state index in [9.17, 15) is 8.78 Å². The molecule has 4 heteroatoms. The van der Waals surface area contributed by atoms with Crippen LogP contribution in [-0.4, -0.2) is 17.8 Å². The van der Waals surface area contributed by atoms with Crippen LogP contribution in [0.2, 0.25) is 0 Å². The number of aliphatic hydroxyl groups is 1. The average Bonchev–Trinajstić information content (AvgIpc) is 2.26. The van der Waals surface area contributed by atoms with Crippen molar-refractivity contribution in [2.24, 2.45) is 0 Å². The molecule has 0 bridgehead atoms. The molecular weight excluding hydrogens is 212 g/mol. The Balaban J connectivity index is 2.53. The van der Waals surface area contributed by atoms with Crippen molar-refractivity contribution >= 4 is 0 Å². The standard InChI is InChI=1S/C12H17F2NO/c1-2-11(5-6-16)15-8-9-3-4-10(13)7-12(9)14/h3-4,7,11,15-16H,2,5-6,8H2,1H3. The lowest BCUT2D eigenvalue weighted by Gasteiger charge is -2.15. The molecule has 0 aromatic heterocycles. The molecule has 0 heterocycles. The smallest absolute Gasteiger partial charge is 0.130 e. The van der Waals surface area contributed by atoms with Gasteiger partial charge in [0.25, 0.3) is 0 Å². The minimum absolute atomic E-state index is 0.109. The maximum Gasteiger partial charge on any atom is 0.130 e. The third-order valence-electron chi connectivity index (χ3n) is 2.57. The van der Waals surface area contributed by atoms with Crippen molar-refractivity contribution in [3.8, 4) is 0 Å². The van der Waals surface area contributed by atoms with Gasteiger partial charge < -0.3 is 10.4 Å². The second kappa shape index (κ2) is 6.55. The predicted molar refractivity (Wildman–Crippen MR) is 59.0 cm³/mol. The molecule has 0 saturated carbocycles. The molecule has 2 N–H and O–H groups in total. The van der Waals surface area contributed by atoms with Gasteiger partial charge in [-0.3, -0.25) is 0 Å². The highest BCUT2D eigenvalue weighted by atomic mass is 19.1. The Kier molecular flexibility index (Phi) is 5.35. The minimum atomic E-state index is -0.566. The molecule has 16 heavy (non-hydrogen) atoms. The number of rotatable bonds is 6. The van der Waals surface area contributed by atoms with Crippen molar-refractivity contribution in [3.05, 3.63) is 35.4 Å². The average molecular weight is 229 g/mol. The molecule has 0 saturated heterocycles. The van der Waals surface area contributed by atoms with Crippen molar-refractivity contribution in [2.75, 3.05) is 6.61 Å². The molecule has 0 spiro atoms. The molecule has 1 unspecified atom stereocenters. The fourth-order valence-electron chi connectivity index (χ4n) is 1.53. The quantitative estimate of drug-likeness (QED) is 0.784. The molecule has 0 aliphatic rings. The largest absolute Gasteiger partial charge is 0.396 e. The van der Waals surface area contributed by atoms with Crippen LogP contribution in [0.15, 0.2) is 18.2 Å². The zero-order valence-electron chi connectivity index (χ0n) is 9.34. The van der Waals surface area contributed by atoms with Crippen LogP contribution in [-0.2, 0) is 6.54 Å². The number of nitrogens with one attached hydrogen (secondary N) is 1. The van der Waals surface area contributed by atoms with Gasteiger partial charge in [-0.25, -0.2) is 8.78 Å². The maximum absolute atomic E-state index is 13.3. The van der Waals surface area contributed by atoms with Gasteiger partial charge in [-0.2, -0.15) is 0 Å². The van der Waals surface area contributed by atoms with E-state index >= 15 is 0 Å². The van der Waals surface area contributed by atoms with Crippen molar-refractivity contribution in [3.63, 3.8) is 0 Å². The highest BCUT2D eigenvalue weighted by Gasteiger charge is 2.07. The van der Waals surface area contributed by atoms with E-state index in [1.807, 2.05) is 6.92 Å². The fraction of sp³-hybridized carbons (Fsp3) is 0.500. The molecule has 1 atom stereocenters. The molecule has 0 fully saturated rings. The molecule has 1 aromatic carbocycles. The summed E-state index contributed by atoms with van der Waals surface area (Å²) in [6.07, 6.45) is 1.50. The zero-order valence-corrected chi connectivity index (χ0v) is 9.34. The van der Waals surface area contributed by atoms with E-state index < -0.39 is 11.6 Å². The topological polar surface area (TPSA) is 32.3 Å². The lowest BCUT2D eigenvalue weighted by atomic mass is 10.1. The Bertz CT molecular complexity index is 331. The third-order valence-corrected chi connectivity index (χ3v) is 2.57. The van der Waals surface area contributed by atoms with E-state index in [2.05, 4.69) is 5.32 Å². The second-order valence-electron chi connectivity index (χ2n) is 3.73. The van der Waals surface area contributed by atoms with Crippen molar-refractivity contribution < 1.29 is 13.9 Å². The van der Waals surface area contributed by atoms with Crippen LogP contribution in [0, 0.1) is 11.6 Å². The van der Waals surface area contributed by atoms with Crippen molar-refractivity contribution in [2.45, 2.75) is 32.4 Å². The van der Waals surface area contributed by atoms with Crippen LogP contribution < -0.4 is 5.32 Å². The van der Waals surface area contributed by atoms with Gasteiger partial charge in [-0.05, 0) is 18.9 Å². The predicted octanol–water partition coefficient (Wildman–Crippen LogP) is 2.22. The summed E-state index contributed by atoms with van der Waals surface area (Å²) in [7, 11) is 0. The first kappa shape index (κ1) is 13.1. The van der Waals surface area contributed by atoms with Gasteiger partial charge in [0, 0.05) is 30.8 Å². The van der Waals surface area contributed by atoms with Crippen LogP contribution in [0.5, 0.6) is 0 Å². The number of benzene rings is 1. The minimum Gasteiger partial charge on any atom is -0.396 e. The Hall–Kier alpha value is -1.00. The number of halogens is 2. The lowest BCUT2D eigenvalue weighted by Crippen LogP contribution is -2.29. The number of hydrogen-bond donors (Lipinski definition) is 2. The highest BCUT2D eigenvalue weighted by molar-refractivity contribution is 5.18. The van der Waals surface area contributed by atoms with Crippen LogP contribution in [0.3, 0.4) is 0 Å². The molecule has 0 radical (unpaired) electrons. The molecule has 0 aliphatic heterocycles. The van der Waals surface area contributed by atoms with Gasteiger partial charge in [-0.1, -0.05) is 13.0 Å². The molecule has 0 aliphatic carbocycles. The molecule has 1 aromatic rings. The summed E-state index contributed by atoms with van der Waals surface area (Å²) in [5.41, 5.74) is 0.442. The molecule has 2 nitrogen and oxygen atoms in total. The van der Waals surface area contributed by atoms with Crippen LogP contribution in [0.4, 0.5) is 8.78 Å². The fourth-order valence-corrected chi connectivity index (χ4v) is 1.53. The molecular formula is C12H17F2NO. The van der Waals surface area contributed by atoms with E-state index in [-0.39, 0.29) is 12.6 Å². The van der Waals surface area contributed by atoms with Gasteiger partial charge in [-0.15, -0.1) is 0 Å². The van der Waals surface area contributed by atoms with Gasteiger partial charge in [0.1, 0.15) is 11.6 Å². The Morgan fingerprint density at radius 2 is 2.12 bits per heavy atom. The summed E-state index contributed by atoms with van der Waals surface area (Å²) in [4.78, 5) is 0. The Morgan fingerprint density at radius 3 is 2.69 bits per heavy atom. The van der Waals surface area contributed by atoms with Crippen LogP contribution in [0.1, 0.15) is 25.3 Å². The highest BCUT2D eigenvalue weighted by Crippen LogP contribution is 2.10. The molecule has 1 rings (SSSR count). The first-order valence-corrected chi connectivity index (χ1v) is 5.45. The van der Waals surface area contributed by atoms with Gasteiger partial charge in [0.15, 0.2) is 0 Å². The van der Waals surface area contributed by atoms with Crippen molar-refractivity contribution in [1.29, 1.82) is 0 Å².